The molecule has 0 radical (unpaired) electrons. The molecule has 1 aliphatic rings. The van der Waals surface area contributed by atoms with Gasteiger partial charge in [-0.15, -0.1) is 0 Å². The number of aliphatic carboxylic acids is 1. The summed E-state index contributed by atoms with van der Waals surface area (Å²) in [7, 11) is 0. The van der Waals surface area contributed by atoms with Crippen LogP contribution in [0.4, 0.5) is 0 Å². The van der Waals surface area contributed by atoms with Gasteiger partial charge in [0.1, 0.15) is 0 Å². The molecule has 1 amide bonds. The van der Waals surface area contributed by atoms with E-state index in [1.54, 1.807) is 4.90 Å². The highest BCUT2D eigenvalue weighted by Crippen LogP contribution is 2.17. The molecule has 17 heavy (non-hydrogen) atoms. The molecule has 0 aliphatic carbocycles. The third-order valence-corrected chi connectivity index (χ3v) is 3.09. The standard InChI is InChI=1S/C13H15NO3/c15-12(8-10-4-2-1-3-5-10)14-7-6-11(9-14)13(16)17/h1-5,11H,6-9H2,(H,16,17). The van der Waals surface area contributed by atoms with Crippen molar-refractivity contribution < 1.29 is 14.7 Å². The van der Waals surface area contributed by atoms with Crippen LogP contribution in [0.5, 0.6) is 0 Å². The fourth-order valence-corrected chi connectivity index (χ4v) is 2.07. The second-order valence-corrected chi connectivity index (χ2v) is 4.33. The van der Waals surface area contributed by atoms with Crippen LogP contribution in [0.15, 0.2) is 30.3 Å². The number of carbonyl (C=O) groups is 2. The summed E-state index contributed by atoms with van der Waals surface area (Å²) in [5.41, 5.74) is 0.969. The smallest absolute Gasteiger partial charge is 0.308 e. The zero-order chi connectivity index (χ0) is 12.3. The highest BCUT2D eigenvalue weighted by Gasteiger charge is 2.30. The van der Waals surface area contributed by atoms with Gasteiger partial charge in [0.25, 0.3) is 0 Å². The Morgan fingerprint density at radius 1 is 1.29 bits per heavy atom. The lowest BCUT2D eigenvalue weighted by atomic mass is 10.1. The number of rotatable bonds is 3. The van der Waals surface area contributed by atoms with E-state index in [2.05, 4.69) is 0 Å². The summed E-state index contributed by atoms with van der Waals surface area (Å²) in [5.74, 6) is -1.19. The van der Waals surface area contributed by atoms with Crippen LogP contribution in [0.2, 0.25) is 0 Å². The monoisotopic (exact) mass is 233 g/mol. The van der Waals surface area contributed by atoms with Crippen LogP contribution in [0.1, 0.15) is 12.0 Å². The van der Waals surface area contributed by atoms with E-state index in [0.29, 0.717) is 25.9 Å². The molecule has 1 heterocycles. The van der Waals surface area contributed by atoms with Crippen LogP contribution in [0, 0.1) is 5.92 Å². The number of likely N-dealkylation sites (tertiary alicyclic amines) is 1. The SMILES string of the molecule is O=C(O)C1CCN(C(=O)Cc2ccccc2)C1. The third-order valence-electron chi connectivity index (χ3n) is 3.09. The van der Waals surface area contributed by atoms with Gasteiger partial charge in [0.2, 0.25) is 5.91 Å². The molecule has 90 valence electrons. The first-order valence-electron chi connectivity index (χ1n) is 5.71. The predicted octanol–water partition coefficient (Wildman–Crippen LogP) is 1.16. The molecular formula is C13H15NO3. The zero-order valence-corrected chi connectivity index (χ0v) is 9.50. The van der Waals surface area contributed by atoms with Crippen molar-refractivity contribution in [2.45, 2.75) is 12.8 Å². The highest BCUT2D eigenvalue weighted by molar-refractivity contribution is 5.80. The van der Waals surface area contributed by atoms with Crippen molar-refractivity contribution in [3.05, 3.63) is 35.9 Å². The maximum atomic E-state index is 11.9. The maximum Gasteiger partial charge on any atom is 0.308 e. The second-order valence-electron chi connectivity index (χ2n) is 4.33. The summed E-state index contributed by atoms with van der Waals surface area (Å²) in [5, 5.41) is 8.86. The van der Waals surface area contributed by atoms with E-state index in [4.69, 9.17) is 5.11 Å². The van der Waals surface area contributed by atoms with Crippen molar-refractivity contribution in [1.29, 1.82) is 0 Å². The van der Waals surface area contributed by atoms with Crippen molar-refractivity contribution in [2.75, 3.05) is 13.1 Å². The molecule has 4 heteroatoms. The van der Waals surface area contributed by atoms with E-state index in [1.165, 1.54) is 0 Å². The summed E-state index contributed by atoms with van der Waals surface area (Å²) in [6, 6.07) is 9.51. The molecule has 1 unspecified atom stereocenters. The second kappa shape index (κ2) is 4.99. The topological polar surface area (TPSA) is 57.6 Å². The summed E-state index contributed by atoms with van der Waals surface area (Å²) in [6.07, 6.45) is 0.920. The molecule has 1 aromatic rings. The number of benzene rings is 1. The number of amides is 1. The third kappa shape index (κ3) is 2.84. The Labute approximate surface area is 99.9 Å². The van der Waals surface area contributed by atoms with Gasteiger partial charge in [-0.25, -0.2) is 0 Å². The van der Waals surface area contributed by atoms with Crippen LogP contribution in [-0.4, -0.2) is 35.0 Å². The van der Waals surface area contributed by atoms with E-state index >= 15 is 0 Å². The van der Waals surface area contributed by atoms with Crippen molar-refractivity contribution >= 4 is 11.9 Å². The largest absolute Gasteiger partial charge is 0.481 e. The van der Waals surface area contributed by atoms with Gasteiger partial charge in [0.05, 0.1) is 12.3 Å². The molecule has 0 bridgehead atoms. The normalized spacial score (nSPS) is 19.3. The first-order chi connectivity index (χ1) is 8.16. The molecule has 1 fully saturated rings. The van der Waals surface area contributed by atoms with Crippen LogP contribution in [0.25, 0.3) is 0 Å². The zero-order valence-electron chi connectivity index (χ0n) is 9.50. The van der Waals surface area contributed by atoms with Gasteiger partial charge in [0, 0.05) is 13.1 Å². The number of carbonyl (C=O) groups excluding carboxylic acids is 1. The van der Waals surface area contributed by atoms with E-state index in [1.807, 2.05) is 30.3 Å². The van der Waals surface area contributed by atoms with Gasteiger partial charge in [-0.3, -0.25) is 9.59 Å². The fourth-order valence-electron chi connectivity index (χ4n) is 2.07. The molecule has 2 rings (SSSR count). The van der Waals surface area contributed by atoms with E-state index in [-0.39, 0.29) is 5.91 Å². The summed E-state index contributed by atoms with van der Waals surface area (Å²) in [4.78, 5) is 24.4. The minimum absolute atomic E-state index is 0.0138. The molecule has 0 aromatic heterocycles. The van der Waals surface area contributed by atoms with Crippen LogP contribution in [0.3, 0.4) is 0 Å². The maximum absolute atomic E-state index is 11.9. The van der Waals surface area contributed by atoms with Gasteiger partial charge < -0.3 is 10.0 Å². The molecule has 4 nitrogen and oxygen atoms in total. The quantitative estimate of drug-likeness (QED) is 0.852. The number of carboxylic acids is 1. The van der Waals surface area contributed by atoms with Gasteiger partial charge in [-0.2, -0.15) is 0 Å². The Balaban J connectivity index is 1.92. The molecule has 0 saturated carbocycles. The van der Waals surface area contributed by atoms with Crippen molar-refractivity contribution in [3.8, 4) is 0 Å². The van der Waals surface area contributed by atoms with Crippen molar-refractivity contribution in [3.63, 3.8) is 0 Å². The molecule has 1 aliphatic heterocycles. The summed E-state index contributed by atoms with van der Waals surface area (Å²) < 4.78 is 0. The Morgan fingerprint density at radius 3 is 2.59 bits per heavy atom. The van der Waals surface area contributed by atoms with Crippen LogP contribution in [-0.2, 0) is 16.0 Å². The summed E-state index contributed by atoms with van der Waals surface area (Å²) in [6.45, 7) is 0.906. The predicted molar refractivity (Wildman–Crippen MR) is 62.5 cm³/mol. The fraction of sp³-hybridized carbons (Fsp3) is 0.385. The number of nitrogens with zero attached hydrogens (tertiary/aromatic N) is 1. The lowest BCUT2D eigenvalue weighted by Gasteiger charge is -2.15. The molecule has 1 aromatic carbocycles. The van der Waals surface area contributed by atoms with Gasteiger partial charge >= 0.3 is 5.97 Å². The van der Waals surface area contributed by atoms with Gasteiger partial charge in [-0.1, -0.05) is 30.3 Å². The molecule has 1 N–H and O–H groups in total. The van der Waals surface area contributed by atoms with Crippen LogP contribution >= 0.6 is 0 Å². The Kier molecular flexibility index (Phi) is 3.42. The number of hydrogen-bond acceptors (Lipinski definition) is 2. The lowest BCUT2D eigenvalue weighted by molar-refractivity contribution is -0.141. The molecule has 0 spiro atoms. The van der Waals surface area contributed by atoms with Crippen LogP contribution < -0.4 is 0 Å². The first kappa shape index (κ1) is 11.6. The van der Waals surface area contributed by atoms with Crippen molar-refractivity contribution in [2.24, 2.45) is 5.92 Å². The minimum atomic E-state index is -0.806. The molecular weight excluding hydrogens is 218 g/mol. The van der Waals surface area contributed by atoms with Gasteiger partial charge in [-0.05, 0) is 12.0 Å². The van der Waals surface area contributed by atoms with Crippen molar-refractivity contribution in [1.82, 2.24) is 4.90 Å². The summed E-state index contributed by atoms with van der Waals surface area (Å²) >= 11 is 0. The van der Waals surface area contributed by atoms with E-state index in [9.17, 15) is 9.59 Å². The van der Waals surface area contributed by atoms with E-state index < -0.39 is 11.9 Å². The number of carboxylic acid groups (broad SMARTS) is 1. The minimum Gasteiger partial charge on any atom is -0.481 e. The van der Waals surface area contributed by atoms with E-state index in [0.717, 1.165) is 5.56 Å². The average Bonchev–Trinajstić information content (AvgIpc) is 2.79. The molecule has 1 saturated heterocycles. The lowest BCUT2D eigenvalue weighted by Crippen LogP contribution is -2.31. The highest BCUT2D eigenvalue weighted by atomic mass is 16.4. The Hall–Kier alpha value is -1.84. The van der Waals surface area contributed by atoms with Gasteiger partial charge in [0.15, 0.2) is 0 Å². The first-order valence-corrected chi connectivity index (χ1v) is 5.71. The average molecular weight is 233 g/mol. The number of hydrogen-bond donors (Lipinski definition) is 1. The Bertz CT molecular complexity index is 416. The Morgan fingerprint density at radius 2 is 2.00 bits per heavy atom. The molecule has 1 atom stereocenters.